The Hall–Kier alpha value is -1.70. The van der Waals surface area contributed by atoms with Gasteiger partial charge in [0.1, 0.15) is 5.82 Å². The Labute approximate surface area is 176 Å². The van der Waals surface area contributed by atoms with Crippen LogP contribution in [0.3, 0.4) is 0 Å². The van der Waals surface area contributed by atoms with Crippen LogP contribution < -0.4 is 5.73 Å². The molecule has 1 aromatic carbocycles. The van der Waals surface area contributed by atoms with Gasteiger partial charge in [-0.15, -0.1) is 0 Å². The van der Waals surface area contributed by atoms with E-state index in [9.17, 15) is 14.0 Å². The molecular weight excluding hydrogens is 397 g/mol. The number of amides is 2. The first-order chi connectivity index (χ1) is 13.9. The van der Waals surface area contributed by atoms with Gasteiger partial charge in [-0.1, -0.05) is 11.6 Å². The van der Waals surface area contributed by atoms with Crippen molar-refractivity contribution >= 4 is 23.4 Å². The van der Waals surface area contributed by atoms with Crippen molar-refractivity contribution < 1.29 is 18.7 Å². The zero-order chi connectivity index (χ0) is 21.0. The molecule has 2 heterocycles. The molecule has 0 aromatic heterocycles. The number of methoxy groups -OCH3 is 1. The minimum absolute atomic E-state index is 0.0262. The summed E-state index contributed by atoms with van der Waals surface area (Å²) in [5.41, 5.74) is 5.25. The van der Waals surface area contributed by atoms with E-state index >= 15 is 0 Å². The number of carbonyl (C=O) groups is 2. The third-order valence-electron chi connectivity index (χ3n) is 6.49. The summed E-state index contributed by atoms with van der Waals surface area (Å²) in [5.74, 6) is -1.09. The molecule has 1 aromatic rings. The van der Waals surface area contributed by atoms with E-state index in [1.165, 1.54) is 18.2 Å². The van der Waals surface area contributed by atoms with E-state index in [1.807, 2.05) is 0 Å². The lowest BCUT2D eigenvalue weighted by Crippen LogP contribution is -2.53. The molecule has 2 saturated heterocycles. The van der Waals surface area contributed by atoms with Gasteiger partial charge in [0, 0.05) is 37.9 Å². The van der Waals surface area contributed by atoms with E-state index in [-0.39, 0.29) is 17.4 Å². The van der Waals surface area contributed by atoms with Crippen LogP contribution in [-0.2, 0) is 9.53 Å². The predicted molar refractivity (Wildman–Crippen MR) is 109 cm³/mol. The van der Waals surface area contributed by atoms with Crippen molar-refractivity contribution in [1.29, 1.82) is 0 Å². The minimum atomic E-state index is -0.545. The molecule has 0 radical (unpaired) electrons. The van der Waals surface area contributed by atoms with Gasteiger partial charge in [-0.2, -0.15) is 0 Å². The number of hydrogen-bond donors (Lipinski definition) is 1. The van der Waals surface area contributed by atoms with Crippen LogP contribution in [0.1, 0.15) is 42.5 Å². The molecule has 2 N–H and O–H groups in total. The highest BCUT2D eigenvalue weighted by atomic mass is 35.5. The van der Waals surface area contributed by atoms with Crippen LogP contribution in [0, 0.1) is 11.2 Å². The molecule has 3 rings (SSSR count). The minimum Gasteiger partial charge on any atom is -0.385 e. The molecule has 0 bridgehead atoms. The first-order valence-corrected chi connectivity index (χ1v) is 10.5. The number of nitrogens with zero attached hydrogens (tertiary/aromatic N) is 2. The predicted octanol–water partition coefficient (Wildman–Crippen LogP) is 2.69. The zero-order valence-electron chi connectivity index (χ0n) is 16.8. The lowest BCUT2D eigenvalue weighted by atomic mass is 9.74. The topological polar surface area (TPSA) is 75.9 Å². The fraction of sp³-hybridized carbons (Fsp3) is 0.619. The van der Waals surface area contributed by atoms with Gasteiger partial charge in [-0.3, -0.25) is 9.59 Å². The second-order valence-electron chi connectivity index (χ2n) is 8.07. The Bertz CT molecular complexity index is 745. The molecule has 6 nitrogen and oxygen atoms in total. The Morgan fingerprint density at radius 1 is 1.24 bits per heavy atom. The number of likely N-dealkylation sites (tertiary alicyclic amines) is 2. The number of hydrogen-bond acceptors (Lipinski definition) is 4. The summed E-state index contributed by atoms with van der Waals surface area (Å²) in [6, 6.07) is 4.41. The fourth-order valence-electron chi connectivity index (χ4n) is 4.50. The summed E-state index contributed by atoms with van der Waals surface area (Å²) in [4.78, 5) is 28.8. The third-order valence-corrected chi connectivity index (χ3v) is 6.72. The molecule has 2 fully saturated rings. The Morgan fingerprint density at radius 3 is 2.48 bits per heavy atom. The van der Waals surface area contributed by atoms with Crippen LogP contribution in [0.25, 0.3) is 0 Å². The van der Waals surface area contributed by atoms with E-state index in [0.29, 0.717) is 37.2 Å². The highest BCUT2D eigenvalue weighted by Gasteiger charge is 2.41. The van der Waals surface area contributed by atoms with Crippen LogP contribution >= 0.6 is 11.6 Å². The van der Waals surface area contributed by atoms with Crippen molar-refractivity contribution in [2.45, 2.75) is 38.1 Å². The summed E-state index contributed by atoms with van der Waals surface area (Å²) in [6.45, 7) is 3.32. The zero-order valence-corrected chi connectivity index (χ0v) is 17.6. The van der Waals surface area contributed by atoms with Crippen molar-refractivity contribution in [3.8, 4) is 0 Å². The number of benzene rings is 1. The molecule has 2 amide bonds. The van der Waals surface area contributed by atoms with Crippen LogP contribution in [0.4, 0.5) is 4.39 Å². The van der Waals surface area contributed by atoms with Crippen LogP contribution in [-0.4, -0.2) is 67.6 Å². The normalized spacial score (nSPS) is 20.6. The maximum atomic E-state index is 14.0. The molecule has 29 heavy (non-hydrogen) atoms. The van der Waals surface area contributed by atoms with Gasteiger partial charge < -0.3 is 20.3 Å². The van der Waals surface area contributed by atoms with Gasteiger partial charge in [-0.05, 0) is 63.4 Å². The van der Waals surface area contributed by atoms with Gasteiger partial charge in [-0.25, -0.2) is 4.39 Å². The van der Waals surface area contributed by atoms with E-state index in [4.69, 9.17) is 22.1 Å². The standard InChI is InChI=1S/C21H29ClFN3O3/c1-29-13-8-21(20(24)28)6-11-25(12-7-21)16-4-9-26(10-5-16)19(27)17-14-15(22)2-3-18(17)23/h2-3,14,16H,4-13H2,1H3,(H2,24,28). The van der Waals surface area contributed by atoms with Crippen LogP contribution in [0.2, 0.25) is 5.02 Å². The highest BCUT2D eigenvalue weighted by molar-refractivity contribution is 6.31. The Balaban J connectivity index is 1.54. The number of halogens is 2. The Kier molecular flexibility index (Phi) is 7.14. The molecule has 0 spiro atoms. The van der Waals surface area contributed by atoms with E-state index in [1.54, 1.807) is 12.0 Å². The maximum Gasteiger partial charge on any atom is 0.256 e. The van der Waals surface area contributed by atoms with E-state index < -0.39 is 11.2 Å². The molecule has 0 aliphatic carbocycles. The lowest BCUT2D eigenvalue weighted by Gasteiger charge is -2.45. The molecule has 160 valence electrons. The first kappa shape index (κ1) is 22.0. The van der Waals surface area contributed by atoms with Crippen molar-refractivity contribution in [2.24, 2.45) is 11.1 Å². The van der Waals surface area contributed by atoms with Crippen molar-refractivity contribution in [3.05, 3.63) is 34.6 Å². The van der Waals surface area contributed by atoms with Gasteiger partial charge in [0.15, 0.2) is 0 Å². The fourth-order valence-corrected chi connectivity index (χ4v) is 4.67. The molecule has 2 aliphatic rings. The first-order valence-electron chi connectivity index (χ1n) is 10.1. The van der Waals surface area contributed by atoms with Gasteiger partial charge in [0.2, 0.25) is 5.91 Å². The second-order valence-corrected chi connectivity index (χ2v) is 8.51. The average Bonchev–Trinajstić information content (AvgIpc) is 2.74. The Morgan fingerprint density at radius 2 is 1.90 bits per heavy atom. The number of primary amides is 1. The van der Waals surface area contributed by atoms with E-state index in [2.05, 4.69) is 4.90 Å². The number of ether oxygens (including phenoxy) is 1. The molecule has 8 heteroatoms. The summed E-state index contributed by atoms with van der Waals surface area (Å²) in [7, 11) is 1.63. The number of carbonyl (C=O) groups excluding carboxylic acids is 2. The molecular formula is C21H29ClFN3O3. The number of rotatable bonds is 6. The summed E-state index contributed by atoms with van der Waals surface area (Å²) >= 11 is 5.92. The maximum absolute atomic E-state index is 14.0. The number of piperidine rings is 2. The molecule has 0 saturated carbocycles. The smallest absolute Gasteiger partial charge is 0.256 e. The van der Waals surface area contributed by atoms with Gasteiger partial charge >= 0.3 is 0 Å². The van der Waals surface area contributed by atoms with Gasteiger partial charge in [0.05, 0.1) is 11.0 Å². The molecule has 0 atom stereocenters. The van der Waals surface area contributed by atoms with Crippen molar-refractivity contribution in [3.63, 3.8) is 0 Å². The summed E-state index contributed by atoms with van der Waals surface area (Å²) < 4.78 is 19.2. The largest absolute Gasteiger partial charge is 0.385 e. The average molecular weight is 426 g/mol. The monoisotopic (exact) mass is 425 g/mol. The summed E-state index contributed by atoms with van der Waals surface area (Å²) in [5, 5.41) is 0.351. The van der Waals surface area contributed by atoms with Crippen molar-refractivity contribution in [1.82, 2.24) is 9.80 Å². The van der Waals surface area contributed by atoms with Crippen LogP contribution in [0.15, 0.2) is 18.2 Å². The SMILES string of the molecule is COCCC1(C(N)=O)CCN(C2CCN(C(=O)c3cc(Cl)ccc3F)CC2)CC1. The highest BCUT2D eigenvalue weighted by Crippen LogP contribution is 2.36. The third kappa shape index (κ3) is 4.90. The summed E-state index contributed by atoms with van der Waals surface area (Å²) in [6.07, 6.45) is 3.78. The molecule has 0 unspecified atom stereocenters. The number of nitrogens with two attached hydrogens (primary N) is 1. The van der Waals surface area contributed by atoms with Crippen molar-refractivity contribution in [2.75, 3.05) is 39.9 Å². The quantitative estimate of drug-likeness (QED) is 0.760. The second kappa shape index (κ2) is 9.41. The van der Waals surface area contributed by atoms with Crippen LogP contribution in [0.5, 0.6) is 0 Å². The van der Waals surface area contributed by atoms with E-state index in [0.717, 1.165) is 38.8 Å². The molecule has 2 aliphatic heterocycles. The van der Waals surface area contributed by atoms with Gasteiger partial charge in [0.25, 0.3) is 5.91 Å². The lowest BCUT2D eigenvalue weighted by molar-refractivity contribution is -0.132.